The first-order chi connectivity index (χ1) is 3.72. The smallest absolute Gasteiger partial charge is 0.268 e. The van der Waals surface area contributed by atoms with Gasteiger partial charge >= 0.3 is 0 Å². The van der Waals surface area contributed by atoms with E-state index in [1.807, 2.05) is 0 Å². The summed E-state index contributed by atoms with van der Waals surface area (Å²) in [5.41, 5.74) is 0.146. The molecule has 44 valence electrons. The van der Waals surface area contributed by atoms with Gasteiger partial charge in [-0.1, -0.05) is 6.58 Å². The Balaban J connectivity index is 3.82. The number of carbonyl (C=O) groups is 1. The summed E-state index contributed by atoms with van der Waals surface area (Å²) in [6.45, 7) is 6.42. The van der Waals surface area contributed by atoms with Crippen LogP contribution in [0.1, 0.15) is 0 Å². The quantitative estimate of drug-likeness (QED) is 0.395. The first-order valence-corrected chi connectivity index (χ1v) is 2.10. The van der Waals surface area contributed by atoms with Gasteiger partial charge in [0.2, 0.25) is 0 Å². The van der Waals surface area contributed by atoms with Gasteiger partial charge in [-0.25, -0.2) is 0 Å². The number of likely N-dealkylation sites (N-methyl/N-ethyl adjacent to an activating group) is 1. The maximum absolute atomic E-state index is 10.4. The minimum Gasteiger partial charge on any atom is -0.354 e. The Hall–Kier alpha value is -1.12. The van der Waals surface area contributed by atoms with Gasteiger partial charge in [-0.2, -0.15) is 0 Å². The summed E-state index contributed by atoms with van der Waals surface area (Å²) in [5, 5.41) is 2.34. The Bertz CT molecular complexity index is 128. The van der Waals surface area contributed by atoms with Crippen molar-refractivity contribution in [2.75, 3.05) is 7.05 Å². The molecule has 0 aromatic rings. The predicted molar refractivity (Wildman–Crippen MR) is 32.8 cm³/mol. The standard InChI is InChI=1S/C5H8N2O/c1-4(6-2)5(8)7-3/h1-2H2,3H3,(H,7,8). The molecule has 3 nitrogen and oxygen atoms in total. The number of hydrogen-bond acceptors (Lipinski definition) is 2. The maximum atomic E-state index is 10.4. The average molecular weight is 112 g/mol. The van der Waals surface area contributed by atoms with Crippen LogP contribution in [0, 0.1) is 0 Å². The highest BCUT2D eigenvalue weighted by molar-refractivity contribution is 5.92. The van der Waals surface area contributed by atoms with E-state index in [-0.39, 0.29) is 11.6 Å². The molecule has 0 aliphatic rings. The van der Waals surface area contributed by atoms with Crippen LogP contribution in [0.25, 0.3) is 0 Å². The molecule has 0 bridgehead atoms. The van der Waals surface area contributed by atoms with Crippen molar-refractivity contribution in [3.05, 3.63) is 12.3 Å². The second-order valence-electron chi connectivity index (χ2n) is 1.18. The normalized spacial score (nSPS) is 7.62. The van der Waals surface area contributed by atoms with Crippen molar-refractivity contribution in [1.82, 2.24) is 5.32 Å². The minimum absolute atomic E-state index is 0.146. The third kappa shape index (κ3) is 1.55. The molecular weight excluding hydrogens is 104 g/mol. The molecule has 1 amide bonds. The second-order valence-corrected chi connectivity index (χ2v) is 1.18. The number of nitrogens with zero attached hydrogens (tertiary/aromatic N) is 1. The Morgan fingerprint density at radius 3 is 2.38 bits per heavy atom. The van der Waals surface area contributed by atoms with Crippen molar-refractivity contribution >= 4 is 12.6 Å². The third-order valence-electron chi connectivity index (χ3n) is 0.680. The lowest BCUT2D eigenvalue weighted by molar-refractivity contribution is -0.117. The Morgan fingerprint density at radius 2 is 2.25 bits per heavy atom. The number of hydrogen-bond donors (Lipinski definition) is 1. The largest absolute Gasteiger partial charge is 0.354 e. The summed E-state index contributed by atoms with van der Waals surface area (Å²) < 4.78 is 0. The Labute approximate surface area is 48.1 Å². The fourth-order valence-corrected chi connectivity index (χ4v) is 0.216. The first-order valence-electron chi connectivity index (χ1n) is 2.10. The second kappa shape index (κ2) is 2.96. The number of nitrogens with one attached hydrogen (secondary N) is 1. The first kappa shape index (κ1) is 6.88. The zero-order valence-corrected chi connectivity index (χ0v) is 4.77. The van der Waals surface area contributed by atoms with Crippen LogP contribution in [-0.2, 0) is 4.79 Å². The van der Waals surface area contributed by atoms with Crippen molar-refractivity contribution < 1.29 is 4.79 Å². The minimum atomic E-state index is -0.292. The molecule has 0 radical (unpaired) electrons. The highest BCUT2D eigenvalue weighted by Gasteiger charge is 1.97. The molecule has 0 spiro atoms. The molecule has 0 aromatic carbocycles. The van der Waals surface area contributed by atoms with Crippen LogP contribution in [-0.4, -0.2) is 19.7 Å². The average Bonchev–Trinajstić information content (AvgIpc) is 1.84. The zero-order valence-electron chi connectivity index (χ0n) is 4.77. The van der Waals surface area contributed by atoms with Gasteiger partial charge in [0, 0.05) is 7.05 Å². The lowest BCUT2D eigenvalue weighted by atomic mass is 10.5. The molecule has 0 atom stereocenters. The van der Waals surface area contributed by atoms with Gasteiger partial charge in [-0.05, 0) is 6.72 Å². The van der Waals surface area contributed by atoms with E-state index in [1.165, 1.54) is 7.05 Å². The Morgan fingerprint density at radius 1 is 1.75 bits per heavy atom. The molecule has 3 heteroatoms. The summed E-state index contributed by atoms with van der Waals surface area (Å²) in [7, 11) is 1.51. The van der Waals surface area contributed by atoms with Crippen molar-refractivity contribution in [3.8, 4) is 0 Å². The summed E-state index contributed by atoms with van der Waals surface area (Å²) in [6.07, 6.45) is 0. The number of aliphatic imine (C=N–C) groups is 1. The molecule has 0 saturated heterocycles. The van der Waals surface area contributed by atoms with E-state index in [1.54, 1.807) is 0 Å². The van der Waals surface area contributed by atoms with Crippen molar-refractivity contribution in [2.24, 2.45) is 4.99 Å². The Kier molecular flexibility index (Phi) is 2.54. The number of rotatable bonds is 2. The van der Waals surface area contributed by atoms with Gasteiger partial charge in [0.05, 0.1) is 0 Å². The molecule has 0 aliphatic carbocycles. The van der Waals surface area contributed by atoms with Gasteiger partial charge in [-0.15, -0.1) is 0 Å². The molecule has 0 saturated carbocycles. The monoisotopic (exact) mass is 112 g/mol. The van der Waals surface area contributed by atoms with E-state index in [0.717, 1.165) is 0 Å². The van der Waals surface area contributed by atoms with Crippen molar-refractivity contribution in [2.45, 2.75) is 0 Å². The summed E-state index contributed by atoms with van der Waals surface area (Å²) in [6, 6.07) is 0. The van der Waals surface area contributed by atoms with E-state index in [2.05, 4.69) is 23.6 Å². The molecular formula is C5H8N2O. The van der Waals surface area contributed by atoms with Gasteiger partial charge in [-0.3, -0.25) is 9.79 Å². The molecule has 0 unspecified atom stereocenters. The van der Waals surface area contributed by atoms with E-state index < -0.39 is 0 Å². The van der Waals surface area contributed by atoms with Gasteiger partial charge in [0.1, 0.15) is 5.70 Å². The van der Waals surface area contributed by atoms with Gasteiger partial charge in [0.15, 0.2) is 0 Å². The van der Waals surface area contributed by atoms with Crippen LogP contribution < -0.4 is 5.32 Å². The fourth-order valence-electron chi connectivity index (χ4n) is 0.216. The molecule has 0 rings (SSSR count). The third-order valence-corrected chi connectivity index (χ3v) is 0.680. The topological polar surface area (TPSA) is 41.5 Å². The van der Waals surface area contributed by atoms with Crippen LogP contribution in [0.4, 0.5) is 0 Å². The highest BCUT2D eigenvalue weighted by atomic mass is 16.1. The SMILES string of the molecule is C=NC(=C)C(=O)NC. The highest BCUT2D eigenvalue weighted by Crippen LogP contribution is 1.86. The van der Waals surface area contributed by atoms with Crippen LogP contribution in [0.15, 0.2) is 17.3 Å². The summed E-state index contributed by atoms with van der Waals surface area (Å²) in [4.78, 5) is 13.7. The predicted octanol–water partition coefficient (Wildman–Crippen LogP) is -0.0533. The fraction of sp³-hybridized carbons (Fsp3) is 0.200. The molecule has 0 aliphatic heterocycles. The molecule has 0 fully saturated rings. The molecule has 1 N–H and O–H groups in total. The van der Waals surface area contributed by atoms with Crippen LogP contribution in [0.3, 0.4) is 0 Å². The van der Waals surface area contributed by atoms with Gasteiger partial charge < -0.3 is 5.32 Å². The van der Waals surface area contributed by atoms with Crippen LogP contribution in [0.2, 0.25) is 0 Å². The summed E-state index contributed by atoms with van der Waals surface area (Å²) in [5.74, 6) is -0.292. The van der Waals surface area contributed by atoms with Crippen LogP contribution in [0.5, 0.6) is 0 Å². The molecule has 0 heterocycles. The van der Waals surface area contributed by atoms with E-state index in [0.29, 0.717) is 0 Å². The van der Waals surface area contributed by atoms with E-state index >= 15 is 0 Å². The molecule has 8 heavy (non-hydrogen) atoms. The van der Waals surface area contributed by atoms with Crippen LogP contribution >= 0.6 is 0 Å². The van der Waals surface area contributed by atoms with Crippen molar-refractivity contribution in [3.63, 3.8) is 0 Å². The number of carbonyl (C=O) groups excluding carboxylic acids is 1. The van der Waals surface area contributed by atoms with E-state index in [4.69, 9.17) is 0 Å². The summed E-state index contributed by atoms with van der Waals surface area (Å²) >= 11 is 0. The lowest BCUT2D eigenvalue weighted by Crippen LogP contribution is -2.18. The maximum Gasteiger partial charge on any atom is 0.268 e. The number of amides is 1. The van der Waals surface area contributed by atoms with Crippen molar-refractivity contribution in [1.29, 1.82) is 0 Å². The lowest BCUT2D eigenvalue weighted by Gasteiger charge is -1.92. The molecule has 0 aromatic heterocycles. The van der Waals surface area contributed by atoms with E-state index in [9.17, 15) is 4.79 Å². The van der Waals surface area contributed by atoms with Gasteiger partial charge in [0.25, 0.3) is 5.91 Å². The zero-order chi connectivity index (χ0) is 6.57.